The lowest BCUT2D eigenvalue weighted by molar-refractivity contribution is 0.455. The molecular formula is C15H16OS. The Labute approximate surface area is 106 Å². The smallest absolute Gasteiger partial charge is 0.114 e. The first-order valence-corrected chi connectivity index (χ1v) is 7.19. The Morgan fingerprint density at radius 1 is 1.06 bits per heavy atom. The zero-order valence-corrected chi connectivity index (χ0v) is 10.6. The largest absolute Gasteiger partial charge is 0.465 e. The number of furan rings is 1. The number of aryl methyl sites for hydroxylation is 2. The van der Waals surface area contributed by atoms with Gasteiger partial charge >= 0.3 is 0 Å². The molecule has 2 heteroatoms. The molecule has 1 aromatic heterocycles. The lowest BCUT2D eigenvalue weighted by atomic mass is 9.99. The van der Waals surface area contributed by atoms with Gasteiger partial charge in [-0.1, -0.05) is 18.2 Å². The predicted molar refractivity (Wildman–Crippen MR) is 71.4 cm³/mol. The van der Waals surface area contributed by atoms with Gasteiger partial charge in [0.15, 0.2) is 0 Å². The summed E-state index contributed by atoms with van der Waals surface area (Å²) >= 11 is 1.84. The summed E-state index contributed by atoms with van der Waals surface area (Å²) in [5, 5.41) is 0. The average Bonchev–Trinajstić information content (AvgIpc) is 2.80. The maximum Gasteiger partial charge on any atom is 0.114 e. The van der Waals surface area contributed by atoms with E-state index < -0.39 is 0 Å². The second-order valence-electron chi connectivity index (χ2n) is 4.47. The zero-order chi connectivity index (χ0) is 11.5. The zero-order valence-electron chi connectivity index (χ0n) is 9.82. The van der Waals surface area contributed by atoms with Crippen LogP contribution in [0, 0.1) is 0 Å². The number of rotatable bonds is 3. The Morgan fingerprint density at radius 3 is 2.71 bits per heavy atom. The van der Waals surface area contributed by atoms with Crippen molar-refractivity contribution in [2.75, 3.05) is 0 Å². The highest BCUT2D eigenvalue weighted by atomic mass is 32.2. The van der Waals surface area contributed by atoms with Gasteiger partial charge < -0.3 is 4.42 Å². The number of fused-ring (bicyclic) bond motifs is 1. The van der Waals surface area contributed by atoms with Crippen LogP contribution < -0.4 is 0 Å². The molecule has 88 valence electrons. The van der Waals surface area contributed by atoms with Crippen LogP contribution in [-0.4, -0.2) is 0 Å². The summed E-state index contributed by atoms with van der Waals surface area (Å²) < 4.78 is 5.91. The molecule has 0 bridgehead atoms. The van der Waals surface area contributed by atoms with E-state index in [0.29, 0.717) is 0 Å². The van der Waals surface area contributed by atoms with Crippen molar-refractivity contribution in [2.45, 2.75) is 36.3 Å². The fraction of sp³-hybridized carbons (Fsp3) is 0.333. The maximum atomic E-state index is 5.91. The minimum Gasteiger partial charge on any atom is -0.465 e. The van der Waals surface area contributed by atoms with Crippen LogP contribution in [0.15, 0.2) is 45.7 Å². The molecule has 0 radical (unpaired) electrons. The van der Waals surface area contributed by atoms with E-state index in [2.05, 4.69) is 36.4 Å². The Hall–Kier alpha value is -1.15. The molecule has 0 aliphatic heterocycles. The van der Waals surface area contributed by atoms with Crippen LogP contribution in [0.1, 0.15) is 29.9 Å². The number of hydrogen-bond donors (Lipinski definition) is 0. The van der Waals surface area contributed by atoms with E-state index in [4.69, 9.17) is 4.42 Å². The molecule has 1 aromatic carbocycles. The Kier molecular flexibility index (Phi) is 3.23. The highest BCUT2D eigenvalue weighted by Gasteiger charge is 2.14. The van der Waals surface area contributed by atoms with Gasteiger partial charge in [-0.05, 0) is 43.0 Å². The lowest BCUT2D eigenvalue weighted by Crippen LogP contribution is -1.97. The van der Waals surface area contributed by atoms with E-state index in [1.807, 2.05) is 11.8 Å². The van der Waals surface area contributed by atoms with Crippen molar-refractivity contribution < 1.29 is 4.42 Å². The van der Waals surface area contributed by atoms with Crippen LogP contribution >= 0.6 is 11.8 Å². The van der Waals surface area contributed by atoms with E-state index in [-0.39, 0.29) is 0 Å². The fourth-order valence-corrected chi connectivity index (χ4v) is 3.10. The van der Waals surface area contributed by atoms with Gasteiger partial charge in [0.2, 0.25) is 0 Å². The molecule has 1 nitrogen and oxygen atoms in total. The minimum absolute atomic E-state index is 0.941. The Balaban J connectivity index is 1.67. The molecule has 1 heterocycles. The average molecular weight is 244 g/mol. The third kappa shape index (κ3) is 2.58. The van der Waals surface area contributed by atoms with Crippen molar-refractivity contribution in [1.82, 2.24) is 0 Å². The van der Waals surface area contributed by atoms with E-state index >= 15 is 0 Å². The van der Waals surface area contributed by atoms with Crippen molar-refractivity contribution in [2.24, 2.45) is 0 Å². The van der Waals surface area contributed by atoms with E-state index in [9.17, 15) is 0 Å². The van der Waals surface area contributed by atoms with Gasteiger partial charge in [-0.3, -0.25) is 0 Å². The second-order valence-corrected chi connectivity index (χ2v) is 5.52. The summed E-state index contributed by atoms with van der Waals surface area (Å²) in [6.07, 6.45) is 4.93. The summed E-state index contributed by atoms with van der Waals surface area (Å²) in [5.74, 6) is 3.31. The van der Waals surface area contributed by atoms with Crippen LogP contribution in [0.3, 0.4) is 0 Å². The molecule has 3 rings (SSSR count). The van der Waals surface area contributed by atoms with Crippen LogP contribution in [0.2, 0.25) is 0 Å². The molecule has 0 unspecified atom stereocenters. The molecule has 1 aliphatic rings. The molecule has 2 aromatic rings. The summed E-state index contributed by atoms with van der Waals surface area (Å²) in [7, 11) is 0. The Morgan fingerprint density at radius 2 is 1.88 bits per heavy atom. The molecule has 0 amide bonds. The van der Waals surface area contributed by atoms with E-state index in [1.54, 1.807) is 0 Å². The molecule has 17 heavy (non-hydrogen) atoms. The first-order chi connectivity index (χ1) is 8.42. The van der Waals surface area contributed by atoms with E-state index in [0.717, 1.165) is 17.9 Å². The molecule has 0 atom stereocenters. The first kappa shape index (κ1) is 11.0. The van der Waals surface area contributed by atoms with E-state index in [1.165, 1.54) is 35.5 Å². The van der Waals surface area contributed by atoms with Crippen LogP contribution in [-0.2, 0) is 18.6 Å². The van der Waals surface area contributed by atoms with Crippen molar-refractivity contribution in [3.63, 3.8) is 0 Å². The first-order valence-electron chi connectivity index (χ1n) is 6.20. The molecule has 0 fully saturated rings. The quantitative estimate of drug-likeness (QED) is 0.740. The van der Waals surface area contributed by atoms with Gasteiger partial charge in [-0.2, -0.15) is 0 Å². The Bertz CT molecular complexity index is 463. The standard InChI is InChI=1S/C15H16OS/c1-2-7-14(8-3-1)17-11-13-10-12-6-4-5-9-15(12)16-13/h1-3,7-8,10H,4-6,9,11H2. The normalized spacial score (nSPS) is 14.6. The number of thioether (sulfide) groups is 1. The molecule has 0 saturated carbocycles. The second kappa shape index (κ2) is 5.01. The van der Waals surface area contributed by atoms with Crippen LogP contribution in [0.25, 0.3) is 0 Å². The molecule has 0 saturated heterocycles. The molecular weight excluding hydrogens is 228 g/mol. The van der Waals surface area contributed by atoms with Gasteiger partial charge in [-0.25, -0.2) is 0 Å². The maximum absolute atomic E-state index is 5.91. The van der Waals surface area contributed by atoms with Gasteiger partial charge in [0.1, 0.15) is 11.5 Å². The van der Waals surface area contributed by atoms with Gasteiger partial charge in [0.05, 0.1) is 5.75 Å². The fourth-order valence-electron chi connectivity index (χ4n) is 2.29. The van der Waals surface area contributed by atoms with Gasteiger partial charge in [0.25, 0.3) is 0 Å². The third-order valence-electron chi connectivity index (χ3n) is 3.17. The minimum atomic E-state index is 0.941. The van der Waals surface area contributed by atoms with Crippen LogP contribution in [0.5, 0.6) is 0 Å². The number of hydrogen-bond acceptors (Lipinski definition) is 2. The van der Waals surface area contributed by atoms with Gasteiger partial charge in [0, 0.05) is 11.3 Å². The van der Waals surface area contributed by atoms with Gasteiger partial charge in [-0.15, -0.1) is 11.8 Å². The molecule has 1 aliphatic carbocycles. The van der Waals surface area contributed by atoms with Crippen molar-refractivity contribution >= 4 is 11.8 Å². The summed E-state index contributed by atoms with van der Waals surface area (Å²) in [5.41, 5.74) is 1.44. The predicted octanol–water partition coefficient (Wildman–Crippen LogP) is 4.45. The SMILES string of the molecule is c1ccc(SCc2cc3c(o2)CCCC3)cc1. The lowest BCUT2D eigenvalue weighted by Gasteiger charge is -2.07. The number of benzene rings is 1. The highest BCUT2D eigenvalue weighted by molar-refractivity contribution is 7.98. The molecule has 0 N–H and O–H groups in total. The topological polar surface area (TPSA) is 13.1 Å². The monoisotopic (exact) mass is 244 g/mol. The summed E-state index contributed by atoms with van der Waals surface area (Å²) in [6, 6.07) is 12.8. The van der Waals surface area contributed by atoms with Crippen molar-refractivity contribution in [3.8, 4) is 0 Å². The molecule has 0 spiro atoms. The van der Waals surface area contributed by atoms with Crippen molar-refractivity contribution in [1.29, 1.82) is 0 Å². The third-order valence-corrected chi connectivity index (χ3v) is 4.21. The van der Waals surface area contributed by atoms with Crippen molar-refractivity contribution in [3.05, 3.63) is 53.5 Å². The summed E-state index contributed by atoms with van der Waals surface area (Å²) in [4.78, 5) is 1.31. The van der Waals surface area contributed by atoms with Crippen LogP contribution in [0.4, 0.5) is 0 Å². The highest BCUT2D eigenvalue weighted by Crippen LogP contribution is 2.29. The summed E-state index contributed by atoms with van der Waals surface area (Å²) in [6.45, 7) is 0.